The topological polar surface area (TPSA) is 75.1 Å². The Morgan fingerprint density at radius 1 is 1.06 bits per heavy atom. The molecule has 0 rings (SSSR count). The fraction of sp³-hybridized carbons (Fsp3) is 0.917. The van der Waals surface area contributed by atoms with Crippen LogP contribution in [-0.2, 0) is 9.63 Å². The molecule has 0 aliphatic carbocycles. The van der Waals surface area contributed by atoms with E-state index >= 15 is 0 Å². The van der Waals surface area contributed by atoms with E-state index in [0.29, 0.717) is 6.42 Å². The lowest BCUT2D eigenvalue weighted by atomic mass is 10.1. The maximum absolute atomic E-state index is 10.9. The zero-order valence-electron chi connectivity index (χ0n) is 10.7. The maximum Gasteiger partial charge on any atom is 0.317 e. The maximum atomic E-state index is 10.9. The van der Waals surface area contributed by atoms with Gasteiger partial charge in [-0.05, 0) is 12.0 Å². The minimum Gasteiger partial charge on any atom is -0.359 e. The minimum atomic E-state index is -0.439. The van der Waals surface area contributed by atoms with Gasteiger partial charge < -0.3 is 4.84 Å². The molecule has 0 aromatic carbocycles. The zero-order chi connectivity index (χ0) is 12.8. The molecule has 0 N–H and O–H groups in total. The Hall–Kier alpha value is -1.22. The van der Waals surface area contributed by atoms with E-state index in [-0.39, 0.29) is 0 Å². The van der Waals surface area contributed by atoms with Gasteiger partial charge in [0.1, 0.15) is 5.28 Å². The van der Waals surface area contributed by atoms with Crippen LogP contribution in [0.1, 0.15) is 71.1 Å². The fourth-order valence-electron chi connectivity index (χ4n) is 1.69. The van der Waals surface area contributed by atoms with Crippen molar-refractivity contribution < 1.29 is 9.63 Å². The van der Waals surface area contributed by atoms with Gasteiger partial charge in [-0.15, -0.1) is 0 Å². The van der Waals surface area contributed by atoms with Crippen LogP contribution in [0.4, 0.5) is 0 Å². The molecule has 0 bridgehead atoms. The Kier molecular flexibility index (Phi) is 11.9. The first-order valence-electron chi connectivity index (χ1n) is 6.55. The summed E-state index contributed by atoms with van der Waals surface area (Å²) in [5, 5.41) is 2.76. The van der Waals surface area contributed by atoms with E-state index in [9.17, 15) is 4.79 Å². The van der Waals surface area contributed by atoms with E-state index in [1.165, 1.54) is 44.9 Å². The van der Waals surface area contributed by atoms with Crippen LogP contribution in [0.3, 0.4) is 0 Å². The van der Waals surface area contributed by atoms with E-state index in [1.54, 1.807) is 0 Å². The highest BCUT2D eigenvalue weighted by molar-refractivity contribution is 5.68. The highest BCUT2D eigenvalue weighted by Crippen LogP contribution is 2.10. The molecule has 0 atom stereocenters. The van der Waals surface area contributed by atoms with Crippen LogP contribution in [0, 0.1) is 0 Å². The second kappa shape index (κ2) is 12.8. The van der Waals surface area contributed by atoms with E-state index in [4.69, 9.17) is 5.53 Å². The summed E-state index contributed by atoms with van der Waals surface area (Å²) in [6.45, 7) is 2.22. The van der Waals surface area contributed by atoms with E-state index in [0.717, 1.165) is 12.8 Å². The lowest BCUT2D eigenvalue weighted by molar-refractivity contribution is -0.144. The van der Waals surface area contributed by atoms with Crippen LogP contribution < -0.4 is 0 Å². The summed E-state index contributed by atoms with van der Waals surface area (Å²) in [6.07, 6.45) is 11.2. The molecular formula is C12H23N3O2. The average molecular weight is 241 g/mol. The average Bonchev–Trinajstić information content (AvgIpc) is 2.34. The van der Waals surface area contributed by atoms with Crippen molar-refractivity contribution in [1.82, 2.24) is 0 Å². The lowest BCUT2D eigenvalue weighted by Gasteiger charge is -2.01. The molecular weight excluding hydrogens is 218 g/mol. The number of carbonyl (C=O) groups is 1. The van der Waals surface area contributed by atoms with Crippen LogP contribution >= 0.6 is 0 Å². The van der Waals surface area contributed by atoms with Crippen LogP contribution in [0.2, 0.25) is 0 Å². The van der Waals surface area contributed by atoms with Gasteiger partial charge in [-0.1, -0.05) is 58.3 Å². The molecule has 0 aromatic rings. The Bertz CT molecular complexity index is 238. The summed E-state index contributed by atoms with van der Waals surface area (Å²) in [7, 11) is 0. The van der Waals surface area contributed by atoms with Crippen molar-refractivity contribution in [3.63, 3.8) is 0 Å². The molecule has 0 aliphatic heterocycles. The van der Waals surface area contributed by atoms with Crippen LogP contribution in [-0.4, -0.2) is 5.97 Å². The van der Waals surface area contributed by atoms with Gasteiger partial charge in [0.25, 0.3) is 0 Å². The van der Waals surface area contributed by atoms with E-state index < -0.39 is 5.97 Å². The Balaban J connectivity index is 3.12. The molecule has 98 valence electrons. The lowest BCUT2D eigenvalue weighted by Crippen LogP contribution is -1.98. The van der Waals surface area contributed by atoms with Gasteiger partial charge in [-0.25, -0.2) is 0 Å². The van der Waals surface area contributed by atoms with Gasteiger partial charge in [0.05, 0.1) is 0 Å². The standard InChI is InChI=1S/C12H23N3O2/c1-2-3-4-5-6-7-8-9-10-11-12(16)17-15-14-13/h2-11H2,1H3. The van der Waals surface area contributed by atoms with Gasteiger partial charge in [-0.3, -0.25) is 4.79 Å². The highest BCUT2D eigenvalue weighted by atomic mass is 16.7. The van der Waals surface area contributed by atoms with Crippen LogP contribution in [0.5, 0.6) is 0 Å². The predicted octanol–water partition coefficient (Wildman–Crippen LogP) is 4.68. The number of hydrogen-bond acceptors (Lipinski definition) is 3. The largest absolute Gasteiger partial charge is 0.359 e. The molecule has 0 saturated heterocycles. The number of carbonyl (C=O) groups excluding carboxylic acids is 1. The van der Waals surface area contributed by atoms with Crippen molar-refractivity contribution in [1.29, 1.82) is 0 Å². The molecule has 0 aromatic heterocycles. The molecule has 0 unspecified atom stereocenters. The zero-order valence-corrected chi connectivity index (χ0v) is 10.7. The SMILES string of the molecule is CCCCCCCCCCCC(=O)ON=[N+]=[N-]. The quantitative estimate of drug-likeness (QED) is 0.173. The second-order valence-electron chi connectivity index (χ2n) is 4.21. The second-order valence-corrected chi connectivity index (χ2v) is 4.21. The summed E-state index contributed by atoms with van der Waals surface area (Å²) < 4.78 is 0. The number of rotatable bonds is 11. The molecule has 0 amide bonds. The van der Waals surface area contributed by atoms with Crippen molar-refractivity contribution in [2.24, 2.45) is 5.28 Å². The van der Waals surface area contributed by atoms with Crippen molar-refractivity contribution in [3.8, 4) is 0 Å². The molecule has 0 fully saturated rings. The molecule has 17 heavy (non-hydrogen) atoms. The summed E-state index contributed by atoms with van der Waals surface area (Å²) in [4.78, 5) is 17.5. The Morgan fingerprint density at radius 2 is 1.59 bits per heavy atom. The van der Waals surface area contributed by atoms with E-state index in [1.807, 2.05) is 0 Å². The fourth-order valence-corrected chi connectivity index (χ4v) is 1.69. The van der Waals surface area contributed by atoms with Gasteiger partial charge >= 0.3 is 5.97 Å². The van der Waals surface area contributed by atoms with Crippen molar-refractivity contribution >= 4 is 5.97 Å². The number of hydrogen-bond donors (Lipinski definition) is 0. The molecule has 5 nitrogen and oxygen atoms in total. The third-order valence-electron chi connectivity index (χ3n) is 2.66. The number of azide groups is 1. The summed E-state index contributed by atoms with van der Waals surface area (Å²) in [5.74, 6) is -0.439. The molecule has 0 saturated carbocycles. The van der Waals surface area contributed by atoms with E-state index in [2.05, 4.69) is 22.0 Å². The summed E-state index contributed by atoms with van der Waals surface area (Å²) in [6, 6.07) is 0. The van der Waals surface area contributed by atoms with Crippen molar-refractivity contribution in [3.05, 3.63) is 10.4 Å². The molecule has 0 heterocycles. The van der Waals surface area contributed by atoms with Crippen molar-refractivity contribution in [2.75, 3.05) is 0 Å². The molecule has 0 radical (unpaired) electrons. The first-order chi connectivity index (χ1) is 8.31. The minimum absolute atomic E-state index is 0.342. The van der Waals surface area contributed by atoms with Crippen LogP contribution in [0.15, 0.2) is 5.28 Å². The van der Waals surface area contributed by atoms with Gasteiger partial charge in [0.15, 0.2) is 0 Å². The Morgan fingerprint density at radius 3 is 2.12 bits per heavy atom. The first kappa shape index (κ1) is 15.8. The number of nitrogens with zero attached hydrogens (tertiary/aromatic N) is 3. The summed E-state index contributed by atoms with van der Waals surface area (Å²) >= 11 is 0. The Labute approximate surface area is 103 Å². The number of unbranched alkanes of at least 4 members (excludes halogenated alkanes) is 8. The monoisotopic (exact) mass is 241 g/mol. The molecule has 0 spiro atoms. The third kappa shape index (κ3) is 12.7. The normalized spacial score (nSPS) is 9.71. The first-order valence-corrected chi connectivity index (χ1v) is 6.55. The smallest absolute Gasteiger partial charge is 0.317 e. The third-order valence-corrected chi connectivity index (χ3v) is 2.66. The molecule has 5 heteroatoms. The summed E-state index contributed by atoms with van der Waals surface area (Å²) in [5.41, 5.74) is 7.93. The van der Waals surface area contributed by atoms with Gasteiger partial charge in [0.2, 0.25) is 0 Å². The predicted molar refractivity (Wildman–Crippen MR) is 67.1 cm³/mol. The van der Waals surface area contributed by atoms with Crippen molar-refractivity contribution in [2.45, 2.75) is 71.1 Å². The van der Waals surface area contributed by atoms with Gasteiger partial charge in [0, 0.05) is 11.3 Å². The van der Waals surface area contributed by atoms with Crippen LogP contribution in [0.25, 0.3) is 10.4 Å². The molecule has 0 aliphatic rings. The van der Waals surface area contributed by atoms with Gasteiger partial charge in [-0.2, -0.15) is 0 Å². The highest BCUT2D eigenvalue weighted by Gasteiger charge is 2.00.